The average Bonchev–Trinajstić information content (AvgIpc) is 2.86. The lowest BCUT2D eigenvalue weighted by Crippen LogP contribution is -2.35. The average molecular weight is 282 g/mol. The van der Waals surface area contributed by atoms with Gasteiger partial charge < -0.3 is 0 Å². The maximum Gasteiger partial charge on any atom is 0.279 e. The largest absolute Gasteiger partial charge is 0.279 e. The van der Waals surface area contributed by atoms with Crippen molar-refractivity contribution in [1.29, 1.82) is 0 Å². The molecule has 0 radical (unpaired) electrons. The monoisotopic (exact) mass is 282 g/mol. The van der Waals surface area contributed by atoms with Crippen molar-refractivity contribution < 1.29 is 8.42 Å². The molecule has 1 N–H and O–H groups in total. The minimum Gasteiger partial charge on any atom is -0.265 e. The van der Waals surface area contributed by atoms with E-state index in [1.54, 1.807) is 35.4 Å². The van der Waals surface area contributed by atoms with Crippen molar-refractivity contribution in [2.24, 2.45) is 0 Å². The minimum atomic E-state index is -3.46. The van der Waals surface area contributed by atoms with Crippen LogP contribution in [0.15, 0.2) is 30.7 Å². The molecular formula is C10H14N6O2S. The van der Waals surface area contributed by atoms with Gasteiger partial charge in [-0.05, 0) is 12.1 Å². The van der Waals surface area contributed by atoms with Gasteiger partial charge in [0.2, 0.25) is 0 Å². The third kappa shape index (κ3) is 3.34. The first-order chi connectivity index (χ1) is 8.99. The van der Waals surface area contributed by atoms with E-state index in [4.69, 9.17) is 0 Å². The molecule has 19 heavy (non-hydrogen) atoms. The summed E-state index contributed by atoms with van der Waals surface area (Å²) in [5.41, 5.74) is 1.34. The zero-order valence-electron chi connectivity index (χ0n) is 10.6. The third-order valence-corrected chi connectivity index (χ3v) is 3.86. The van der Waals surface area contributed by atoms with Crippen molar-refractivity contribution in [2.45, 2.75) is 6.54 Å². The standard InChI is InChI=1S/C10H14N6O2S/c1-15(2)19(17,18)12-7-9-8-16(14-13-9)10-3-5-11-6-4-10/h3-6,8,12H,7H2,1-2H3. The fraction of sp³-hybridized carbons (Fsp3) is 0.300. The van der Waals surface area contributed by atoms with Gasteiger partial charge in [0.05, 0.1) is 24.1 Å². The lowest BCUT2D eigenvalue weighted by Gasteiger charge is -2.10. The van der Waals surface area contributed by atoms with E-state index in [0.29, 0.717) is 5.69 Å². The molecule has 2 aromatic rings. The summed E-state index contributed by atoms with van der Waals surface area (Å²) in [6, 6.07) is 3.56. The van der Waals surface area contributed by atoms with Crippen molar-refractivity contribution in [3.8, 4) is 5.69 Å². The van der Waals surface area contributed by atoms with Crippen LogP contribution in [0.1, 0.15) is 5.69 Å². The van der Waals surface area contributed by atoms with Crippen LogP contribution >= 0.6 is 0 Å². The van der Waals surface area contributed by atoms with Crippen LogP contribution in [0.25, 0.3) is 5.69 Å². The molecule has 9 heteroatoms. The molecule has 102 valence electrons. The van der Waals surface area contributed by atoms with Crippen LogP contribution < -0.4 is 4.72 Å². The van der Waals surface area contributed by atoms with E-state index in [9.17, 15) is 8.42 Å². The number of hydrogen-bond donors (Lipinski definition) is 1. The molecule has 2 rings (SSSR count). The molecule has 0 saturated carbocycles. The maximum absolute atomic E-state index is 11.5. The molecule has 0 amide bonds. The van der Waals surface area contributed by atoms with E-state index in [-0.39, 0.29) is 6.54 Å². The highest BCUT2D eigenvalue weighted by atomic mass is 32.2. The summed E-state index contributed by atoms with van der Waals surface area (Å²) in [6.45, 7) is 0.0889. The Labute approximate surface area is 111 Å². The summed E-state index contributed by atoms with van der Waals surface area (Å²) in [5, 5.41) is 7.82. The Bertz CT molecular complexity index is 637. The predicted molar refractivity (Wildman–Crippen MR) is 68.6 cm³/mol. The van der Waals surface area contributed by atoms with E-state index in [0.717, 1.165) is 9.99 Å². The van der Waals surface area contributed by atoms with Crippen LogP contribution in [0, 0.1) is 0 Å². The topological polar surface area (TPSA) is 93.0 Å². The van der Waals surface area contributed by atoms with Gasteiger partial charge in [-0.15, -0.1) is 5.10 Å². The fourth-order valence-corrected chi connectivity index (χ4v) is 1.89. The molecule has 2 heterocycles. The van der Waals surface area contributed by atoms with Crippen molar-refractivity contribution in [1.82, 2.24) is 29.0 Å². The van der Waals surface area contributed by atoms with Crippen LogP contribution in [0.4, 0.5) is 0 Å². The highest BCUT2D eigenvalue weighted by Gasteiger charge is 2.13. The first kappa shape index (κ1) is 13.6. The van der Waals surface area contributed by atoms with Crippen molar-refractivity contribution >= 4 is 10.2 Å². The maximum atomic E-state index is 11.5. The third-order valence-electron chi connectivity index (χ3n) is 2.38. The summed E-state index contributed by atoms with van der Waals surface area (Å²) in [4.78, 5) is 3.91. The molecule has 0 bridgehead atoms. The molecule has 2 aromatic heterocycles. The van der Waals surface area contributed by atoms with Crippen molar-refractivity contribution in [2.75, 3.05) is 14.1 Å². The molecule has 0 unspecified atom stereocenters. The number of nitrogens with one attached hydrogen (secondary N) is 1. The van der Waals surface area contributed by atoms with E-state index < -0.39 is 10.2 Å². The molecule has 0 atom stereocenters. The minimum absolute atomic E-state index is 0.0889. The fourth-order valence-electron chi connectivity index (χ4n) is 1.30. The van der Waals surface area contributed by atoms with Gasteiger partial charge in [0.1, 0.15) is 0 Å². The SMILES string of the molecule is CN(C)S(=O)(=O)NCc1cn(-c2ccncc2)nn1. The highest BCUT2D eigenvalue weighted by Crippen LogP contribution is 2.04. The molecule has 0 aliphatic carbocycles. The highest BCUT2D eigenvalue weighted by molar-refractivity contribution is 7.87. The van der Waals surface area contributed by atoms with Gasteiger partial charge in [0, 0.05) is 26.5 Å². The van der Waals surface area contributed by atoms with Gasteiger partial charge in [0.25, 0.3) is 10.2 Å². The first-order valence-electron chi connectivity index (χ1n) is 5.48. The van der Waals surface area contributed by atoms with E-state index >= 15 is 0 Å². The smallest absolute Gasteiger partial charge is 0.265 e. The Morgan fingerprint density at radius 3 is 2.63 bits per heavy atom. The van der Waals surface area contributed by atoms with Crippen LogP contribution in [-0.2, 0) is 16.8 Å². The number of nitrogens with zero attached hydrogens (tertiary/aromatic N) is 5. The van der Waals surface area contributed by atoms with Gasteiger partial charge in [-0.3, -0.25) is 4.98 Å². The Kier molecular flexibility index (Phi) is 3.88. The van der Waals surface area contributed by atoms with Crippen molar-refractivity contribution in [3.05, 3.63) is 36.4 Å². The Morgan fingerprint density at radius 1 is 1.32 bits per heavy atom. The van der Waals surface area contributed by atoms with Crippen LogP contribution in [0.2, 0.25) is 0 Å². The van der Waals surface area contributed by atoms with Gasteiger partial charge in [-0.1, -0.05) is 5.21 Å². The lowest BCUT2D eigenvalue weighted by molar-refractivity contribution is 0.504. The van der Waals surface area contributed by atoms with E-state index in [1.807, 2.05) is 0 Å². The van der Waals surface area contributed by atoms with Gasteiger partial charge >= 0.3 is 0 Å². The second kappa shape index (κ2) is 5.43. The molecule has 0 spiro atoms. The number of rotatable bonds is 5. The Balaban J connectivity index is 2.07. The molecule has 8 nitrogen and oxygen atoms in total. The summed E-state index contributed by atoms with van der Waals surface area (Å²) < 4.78 is 28.1. The summed E-state index contributed by atoms with van der Waals surface area (Å²) >= 11 is 0. The molecular weight excluding hydrogens is 268 g/mol. The summed E-state index contributed by atoms with van der Waals surface area (Å²) in [7, 11) is -0.546. The van der Waals surface area contributed by atoms with Crippen LogP contribution in [0.5, 0.6) is 0 Å². The molecule has 0 fully saturated rings. The van der Waals surface area contributed by atoms with Gasteiger partial charge in [-0.2, -0.15) is 17.4 Å². The van der Waals surface area contributed by atoms with Crippen molar-refractivity contribution in [3.63, 3.8) is 0 Å². The second-order valence-corrected chi connectivity index (χ2v) is 5.94. The zero-order valence-corrected chi connectivity index (χ0v) is 11.4. The molecule has 0 saturated heterocycles. The van der Waals surface area contributed by atoms with Crippen LogP contribution in [0.3, 0.4) is 0 Å². The Hall–Kier alpha value is -1.84. The normalized spacial score (nSPS) is 11.9. The van der Waals surface area contributed by atoms with E-state index in [1.165, 1.54) is 14.1 Å². The molecule has 0 aliphatic heterocycles. The van der Waals surface area contributed by atoms with Crippen LogP contribution in [-0.4, -0.2) is 46.8 Å². The summed E-state index contributed by atoms with van der Waals surface area (Å²) in [5.74, 6) is 0. The number of pyridine rings is 1. The second-order valence-electron chi connectivity index (χ2n) is 3.97. The Morgan fingerprint density at radius 2 is 2.00 bits per heavy atom. The quantitative estimate of drug-likeness (QED) is 0.802. The predicted octanol–water partition coefficient (Wildman–Crippen LogP) is -0.442. The first-order valence-corrected chi connectivity index (χ1v) is 6.92. The molecule has 0 aromatic carbocycles. The lowest BCUT2D eigenvalue weighted by atomic mass is 10.4. The summed E-state index contributed by atoms with van der Waals surface area (Å²) in [6.07, 6.45) is 4.95. The number of hydrogen-bond acceptors (Lipinski definition) is 5. The molecule has 0 aliphatic rings. The van der Waals surface area contributed by atoms with Gasteiger partial charge in [0.15, 0.2) is 0 Å². The van der Waals surface area contributed by atoms with E-state index in [2.05, 4.69) is 20.0 Å². The van der Waals surface area contributed by atoms with Gasteiger partial charge in [-0.25, -0.2) is 4.68 Å². The zero-order chi connectivity index (χ0) is 13.9. The number of aromatic nitrogens is 4.